The summed E-state index contributed by atoms with van der Waals surface area (Å²) in [7, 11) is 3.31. The Morgan fingerprint density at radius 1 is 1.64 bits per heavy atom. The molecule has 0 aromatic carbocycles. The summed E-state index contributed by atoms with van der Waals surface area (Å²) < 4.78 is 6.84. The Bertz CT molecular complexity index is 305. The molecular formula is C8H12BrN3O2. The highest BCUT2D eigenvalue weighted by atomic mass is 79.9. The van der Waals surface area contributed by atoms with E-state index in [0.717, 1.165) is 0 Å². The van der Waals surface area contributed by atoms with Gasteiger partial charge in [0.2, 0.25) is 0 Å². The van der Waals surface area contributed by atoms with Crippen LogP contribution in [-0.4, -0.2) is 34.5 Å². The fourth-order valence-electron chi connectivity index (χ4n) is 1.12. The van der Waals surface area contributed by atoms with E-state index in [1.54, 1.807) is 14.2 Å². The van der Waals surface area contributed by atoms with Gasteiger partial charge in [-0.05, 0) is 22.4 Å². The monoisotopic (exact) mass is 261 g/mol. The van der Waals surface area contributed by atoms with E-state index >= 15 is 0 Å². The minimum Gasteiger partial charge on any atom is -0.385 e. The lowest BCUT2D eigenvalue weighted by atomic mass is 10.2. The van der Waals surface area contributed by atoms with Crippen molar-refractivity contribution >= 4 is 21.7 Å². The standard InChI is InChI=1S/C8H12BrN3O2/c1-12-7(8(9)10-11-12)6(13)4-3-5-14-2/h3-5H2,1-2H3. The molecular weight excluding hydrogens is 250 g/mol. The van der Waals surface area contributed by atoms with Gasteiger partial charge < -0.3 is 4.74 Å². The van der Waals surface area contributed by atoms with Crippen molar-refractivity contribution in [2.75, 3.05) is 13.7 Å². The zero-order valence-electron chi connectivity index (χ0n) is 8.16. The fourth-order valence-corrected chi connectivity index (χ4v) is 1.67. The molecule has 1 heterocycles. The average Bonchev–Trinajstić information content (AvgIpc) is 2.46. The van der Waals surface area contributed by atoms with Crippen molar-refractivity contribution in [2.45, 2.75) is 12.8 Å². The number of halogens is 1. The third kappa shape index (κ3) is 2.62. The average molecular weight is 262 g/mol. The molecule has 1 aromatic heterocycles. The quantitative estimate of drug-likeness (QED) is 0.590. The zero-order valence-corrected chi connectivity index (χ0v) is 9.74. The molecule has 0 amide bonds. The number of carbonyl (C=O) groups excluding carboxylic acids is 1. The summed E-state index contributed by atoms with van der Waals surface area (Å²) in [5, 5.41) is 7.48. The van der Waals surface area contributed by atoms with Crippen LogP contribution in [0, 0.1) is 0 Å². The molecule has 0 unspecified atom stereocenters. The van der Waals surface area contributed by atoms with Gasteiger partial charge in [0.15, 0.2) is 10.4 Å². The number of methoxy groups -OCH3 is 1. The third-order valence-corrected chi connectivity index (χ3v) is 2.34. The van der Waals surface area contributed by atoms with Crippen LogP contribution in [0.15, 0.2) is 4.60 Å². The maximum absolute atomic E-state index is 11.6. The summed E-state index contributed by atoms with van der Waals surface area (Å²) in [5.41, 5.74) is 0.515. The van der Waals surface area contributed by atoms with Gasteiger partial charge in [-0.15, -0.1) is 5.10 Å². The van der Waals surface area contributed by atoms with E-state index in [9.17, 15) is 4.79 Å². The summed E-state index contributed by atoms with van der Waals surface area (Å²) in [6.45, 7) is 0.592. The Morgan fingerprint density at radius 3 is 2.86 bits per heavy atom. The number of ketones is 1. The van der Waals surface area contributed by atoms with Crippen LogP contribution in [0.5, 0.6) is 0 Å². The number of rotatable bonds is 5. The van der Waals surface area contributed by atoms with Crippen molar-refractivity contribution in [3.05, 3.63) is 10.3 Å². The number of nitrogens with zero attached hydrogens (tertiary/aromatic N) is 3. The summed E-state index contributed by atoms with van der Waals surface area (Å²) in [4.78, 5) is 11.6. The fraction of sp³-hybridized carbons (Fsp3) is 0.625. The van der Waals surface area contributed by atoms with Crippen molar-refractivity contribution in [3.8, 4) is 0 Å². The number of Topliss-reactive ketones (excluding diaryl/α,β-unsaturated/α-hetero) is 1. The summed E-state index contributed by atoms with van der Waals surface area (Å²) >= 11 is 3.18. The molecule has 0 atom stereocenters. The van der Waals surface area contributed by atoms with Gasteiger partial charge in [-0.1, -0.05) is 5.21 Å². The van der Waals surface area contributed by atoms with E-state index in [1.165, 1.54) is 4.68 Å². The van der Waals surface area contributed by atoms with Gasteiger partial charge in [0, 0.05) is 27.2 Å². The molecule has 0 aliphatic heterocycles. The maximum Gasteiger partial charge on any atom is 0.183 e. The van der Waals surface area contributed by atoms with E-state index in [1.807, 2.05) is 0 Å². The molecule has 1 aromatic rings. The number of hydrogen-bond donors (Lipinski definition) is 0. The van der Waals surface area contributed by atoms with Crippen molar-refractivity contribution < 1.29 is 9.53 Å². The first kappa shape index (κ1) is 11.3. The van der Waals surface area contributed by atoms with E-state index in [0.29, 0.717) is 29.7 Å². The number of carbonyl (C=O) groups is 1. The molecule has 0 spiro atoms. The van der Waals surface area contributed by atoms with Crippen LogP contribution in [0.2, 0.25) is 0 Å². The number of aryl methyl sites for hydroxylation is 1. The van der Waals surface area contributed by atoms with E-state index < -0.39 is 0 Å². The predicted molar refractivity (Wildman–Crippen MR) is 54.1 cm³/mol. The molecule has 0 saturated heterocycles. The second kappa shape index (κ2) is 5.21. The molecule has 14 heavy (non-hydrogen) atoms. The molecule has 0 aliphatic rings. The lowest BCUT2D eigenvalue weighted by Crippen LogP contribution is -2.08. The van der Waals surface area contributed by atoms with E-state index in [2.05, 4.69) is 26.2 Å². The SMILES string of the molecule is COCCCC(=O)c1c(Br)nnn1C. The van der Waals surface area contributed by atoms with Gasteiger partial charge in [0.05, 0.1) is 0 Å². The lowest BCUT2D eigenvalue weighted by Gasteiger charge is -2.00. The molecule has 5 nitrogen and oxygen atoms in total. The van der Waals surface area contributed by atoms with Crippen LogP contribution in [0.4, 0.5) is 0 Å². The minimum absolute atomic E-state index is 0.0291. The van der Waals surface area contributed by atoms with Gasteiger partial charge in [-0.3, -0.25) is 4.79 Å². The molecule has 0 N–H and O–H groups in total. The molecule has 0 radical (unpaired) electrons. The second-order valence-corrected chi connectivity index (χ2v) is 3.62. The van der Waals surface area contributed by atoms with Crippen LogP contribution < -0.4 is 0 Å². The largest absolute Gasteiger partial charge is 0.385 e. The molecule has 0 saturated carbocycles. The third-order valence-electron chi connectivity index (χ3n) is 1.80. The molecule has 78 valence electrons. The van der Waals surface area contributed by atoms with Crippen LogP contribution in [0.1, 0.15) is 23.3 Å². The topological polar surface area (TPSA) is 57.0 Å². The normalized spacial score (nSPS) is 10.5. The van der Waals surface area contributed by atoms with E-state index in [4.69, 9.17) is 4.74 Å². The molecule has 0 fully saturated rings. The van der Waals surface area contributed by atoms with Crippen molar-refractivity contribution in [2.24, 2.45) is 7.05 Å². The highest BCUT2D eigenvalue weighted by Gasteiger charge is 2.15. The van der Waals surface area contributed by atoms with Crippen molar-refractivity contribution in [3.63, 3.8) is 0 Å². The molecule has 6 heteroatoms. The summed E-state index contributed by atoms with van der Waals surface area (Å²) in [6, 6.07) is 0. The maximum atomic E-state index is 11.6. The first-order valence-electron chi connectivity index (χ1n) is 4.24. The first-order chi connectivity index (χ1) is 6.66. The Morgan fingerprint density at radius 2 is 2.36 bits per heavy atom. The zero-order chi connectivity index (χ0) is 10.6. The summed E-state index contributed by atoms with van der Waals surface area (Å²) in [6.07, 6.45) is 1.17. The molecule has 0 bridgehead atoms. The Balaban J connectivity index is 2.60. The lowest BCUT2D eigenvalue weighted by molar-refractivity contribution is 0.0953. The van der Waals surface area contributed by atoms with Gasteiger partial charge in [-0.2, -0.15) is 0 Å². The van der Waals surface area contributed by atoms with Gasteiger partial charge in [-0.25, -0.2) is 4.68 Å². The Labute approximate surface area is 90.6 Å². The van der Waals surface area contributed by atoms with E-state index in [-0.39, 0.29) is 5.78 Å². The minimum atomic E-state index is 0.0291. The van der Waals surface area contributed by atoms with Crippen LogP contribution in [-0.2, 0) is 11.8 Å². The number of hydrogen-bond acceptors (Lipinski definition) is 4. The second-order valence-electron chi connectivity index (χ2n) is 2.87. The molecule has 0 aliphatic carbocycles. The smallest absolute Gasteiger partial charge is 0.183 e. The molecule has 1 rings (SSSR count). The van der Waals surface area contributed by atoms with Crippen LogP contribution in [0.25, 0.3) is 0 Å². The van der Waals surface area contributed by atoms with Crippen molar-refractivity contribution in [1.29, 1.82) is 0 Å². The highest BCUT2D eigenvalue weighted by Crippen LogP contribution is 2.14. The summed E-state index contributed by atoms with van der Waals surface area (Å²) in [5.74, 6) is 0.0291. The van der Waals surface area contributed by atoms with Crippen molar-refractivity contribution in [1.82, 2.24) is 15.0 Å². The number of aromatic nitrogens is 3. The van der Waals surface area contributed by atoms with Gasteiger partial charge in [0.25, 0.3) is 0 Å². The Kier molecular flexibility index (Phi) is 4.21. The highest BCUT2D eigenvalue weighted by molar-refractivity contribution is 9.10. The van der Waals surface area contributed by atoms with Gasteiger partial charge in [0.1, 0.15) is 5.69 Å². The Hall–Kier alpha value is -0.750. The van der Waals surface area contributed by atoms with Crippen LogP contribution >= 0.6 is 15.9 Å². The van der Waals surface area contributed by atoms with Gasteiger partial charge >= 0.3 is 0 Å². The van der Waals surface area contributed by atoms with Crippen LogP contribution in [0.3, 0.4) is 0 Å². The predicted octanol–water partition coefficient (Wildman–Crippen LogP) is 1.19. The number of ether oxygens (including phenoxy) is 1. The first-order valence-corrected chi connectivity index (χ1v) is 5.03.